The molecule has 176 valence electrons. The van der Waals surface area contributed by atoms with Gasteiger partial charge in [0.05, 0.1) is 5.69 Å². The monoisotopic (exact) mass is 454 g/mol. The topological polar surface area (TPSA) is 37.6 Å². The molecule has 2 heterocycles. The molecule has 34 heavy (non-hydrogen) atoms. The standard InChI is InChI=1S/C30H34N2O2/c1-22-8-4-5-9-27(22)30-23(2)28-20-25(33)12-15-29(28)32(30)21-24-10-13-26(14-11-24)34-19-18-31-16-6-3-7-17-31/h4-5,8-15,20,33H,3,6-7,16-19,21H2,1-2H3. The van der Waals surface area contributed by atoms with Crippen molar-refractivity contribution in [3.63, 3.8) is 0 Å². The first-order chi connectivity index (χ1) is 16.6. The molecule has 1 N–H and O–H groups in total. The molecule has 0 aliphatic carbocycles. The van der Waals surface area contributed by atoms with E-state index in [1.54, 1.807) is 6.07 Å². The first-order valence-electron chi connectivity index (χ1n) is 12.4. The van der Waals surface area contributed by atoms with Crippen LogP contribution in [0.1, 0.15) is 36.0 Å². The molecule has 4 nitrogen and oxygen atoms in total. The number of ether oxygens (including phenoxy) is 1. The van der Waals surface area contributed by atoms with Gasteiger partial charge in [-0.15, -0.1) is 0 Å². The summed E-state index contributed by atoms with van der Waals surface area (Å²) in [6.45, 7) is 9.21. The summed E-state index contributed by atoms with van der Waals surface area (Å²) >= 11 is 0. The molecule has 0 atom stereocenters. The average Bonchev–Trinajstić information content (AvgIpc) is 3.12. The molecule has 0 bridgehead atoms. The van der Waals surface area contributed by atoms with Crippen LogP contribution in [0.4, 0.5) is 0 Å². The maximum absolute atomic E-state index is 10.1. The van der Waals surface area contributed by atoms with Crippen LogP contribution in [-0.4, -0.2) is 40.8 Å². The fraction of sp³-hybridized carbons (Fsp3) is 0.333. The third kappa shape index (κ3) is 4.69. The molecule has 0 spiro atoms. The van der Waals surface area contributed by atoms with Crippen LogP contribution in [0.5, 0.6) is 11.5 Å². The lowest BCUT2D eigenvalue weighted by atomic mass is 10.0. The van der Waals surface area contributed by atoms with Gasteiger partial charge in [-0.25, -0.2) is 0 Å². The van der Waals surface area contributed by atoms with Crippen molar-refractivity contribution in [1.29, 1.82) is 0 Å². The quantitative estimate of drug-likeness (QED) is 0.344. The fourth-order valence-electron chi connectivity index (χ4n) is 5.21. The molecule has 4 heteroatoms. The van der Waals surface area contributed by atoms with Gasteiger partial charge in [-0.1, -0.05) is 42.8 Å². The number of phenolic OH excluding ortho intramolecular Hbond substituents is 1. The largest absolute Gasteiger partial charge is 0.508 e. The zero-order valence-corrected chi connectivity index (χ0v) is 20.3. The summed E-state index contributed by atoms with van der Waals surface area (Å²) in [5, 5.41) is 11.2. The molecule has 1 aliphatic heterocycles. The van der Waals surface area contributed by atoms with E-state index in [0.717, 1.165) is 36.3 Å². The van der Waals surface area contributed by atoms with Crippen molar-refractivity contribution in [3.8, 4) is 22.8 Å². The van der Waals surface area contributed by atoms with Crippen molar-refractivity contribution < 1.29 is 9.84 Å². The normalized spacial score (nSPS) is 14.5. The highest BCUT2D eigenvalue weighted by molar-refractivity contribution is 5.93. The van der Waals surface area contributed by atoms with Crippen molar-refractivity contribution in [3.05, 3.63) is 83.4 Å². The zero-order chi connectivity index (χ0) is 23.5. The van der Waals surface area contributed by atoms with E-state index in [9.17, 15) is 5.11 Å². The van der Waals surface area contributed by atoms with Gasteiger partial charge in [0.1, 0.15) is 18.1 Å². The van der Waals surface area contributed by atoms with Crippen LogP contribution in [0.25, 0.3) is 22.2 Å². The van der Waals surface area contributed by atoms with Gasteiger partial charge in [0.25, 0.3) is 0 Å². The summed E-state index contributed by atoms with van der Waals surface area (Å²) in [5.41, 5.74) is 7.24. The van der Waals surface area contributed by atoms with E-state index < -0.39 is 0 Å². The Hall–Kier alpha value is -3.24. The minimum atomic E-state index is 0.301. The molecule has 1 saturated heterocycles. The van der Waals surface area contributed by atoms with Gasteiger partial charge in [-0.2, -0.15) is 0 Å². The fourth-order valence-corrected chi connectivity index (χ4v) is 5.21. The van der Waals surface area contributed by atoms with Crippen LogP contribution < -0.4 is 4.74 Å². The average molecular weight is 455 g/mol. The minimum absolute atomic E-state index is 0.301. The Morgan fingerprint density at radius 2 is 1.65 bits per heavy atom. The van der Waals surface area contributed by atoms with E-state index in [0.29, 0.717) is 5.75 Å². The van der Waals surface area contributed by atoms with Gasteiger partial charge in [-0.05, 0) is 86.8 Å². The number of aromatic nitrogens is 1. The predicted octanol–water partition coefficient (Wildman–Crippen LogP) is 6.54. The maximum Gasteiger partial charge on any atom is 0.119 e. The third-order valence-electron chi connectivity index (χ3n) is 7.09. The Labute approximate surface area is 202 Å². The summed E-state index contributed by atoms with van der Waals surface area (Å²) in [6, 6.07) is 22.7. The van der Waals surface area contributed by atoms with Gasteiger partial charge in [-0.3, -0.25) is 4.90 Å². The Morgan fingerprint density at radius 1 is 0.882 bits per heavy atom. The van der Waals surface area contributed by atoms with Gasteiger partial charge < -0.3 is 14.4 Å². The molecular formula is C30H34N2O2. The van der Waals surface area contributed by atoms with Gasteiger partial charge in [0.15, 0.2) is 0 Å². The van der Waals surface area contributed by atoms with Crippen LogP contribution in [0, 0.1) is 13.8 Å². The molecule has 4 aromatic rings. The van der Waals surface area contributed by atoms with Gasteiger partial charge in [0, 0.05) is 29.6 Å². The Bertz CT molecular complexity index is 1270. The van der Waals surface area contributed by atoms with Gasteiger partial charge >= 0.3 is 0 Å². The molecular weight excluding hydrogens is 420 g/mol. The number of phenols is 1. The van der Waals surface area contributed by atoms with Crippen molar-refractivity contribution >= 4 is 10.9 Å². The molecule has 1 aromatic heterocycles. The van der Waals surface area contributed by atoms with E-state index in [1.165, 1.54) is 60.3 Å². The maximum atomic E-state index is 10.1. The number of aromatic hydroxyl groups is 1. The van der Waals surface area contributed by atoms with E-state index in [1.807, 2.05) is 12.1 Å². The highest BCUT2D eigenvalue weighted by Crippen LogP contribution is 2.37. The Balaban J connectivity index is 1.39. The second kappa shape index (κ2) is 9.94. The number of aryl methyl sites for hydroxylation is 2. The summed E-state index contributed by atoms with van der Waals surface area (Å²) in [5.74, 6) is 1.23. The van der Waals surface area contributed by atoms with Crippen LogP contribution >= 0.6 is 0 Å². The predicted molar refractivity (Wildman–Crippen MR) is 140 cm³/mol. The lowest BCUT2D eigenvalue weighted by Crippen LogP contribution is -2.33. The third-order valence-corrected chi connectivity index (χ3v) is 7.09. The smallest absolute Gasteiger partial charge is 0.119 e. The first kappa shape index (κ1) is 22.5. The second-order valence-corrected chi connectivity index (χ2v) is 9.47. The van der Waals surface area contributed by atoms with Gasteiger partial charge in [0.2, 0.25) is 0 Å². The van der Waals surface area contributed by atoms with Crippen molar-refractivity contribution in [2.45, 2.75) is 39.7 Å². The van der Waals surface area contributed by atoms with Crippen molar-refractivity contribution in [2.24, 2.45) is 0 Å². The molecule has 0 saturated carbocycles. The van der Waals surface area contributed by atoms with Crippen LogP contribution in [-0.2, 0) is 6.54 Å². The second-order valence-electron chi connectivity index (χ2n) is 9.47. The first-order valence-corrected chi connectivity index (χ1v) is 12.4. The molecule has 1 aliphatic rings. The van der Waals surface area contributed by atoms with Crippen LogP contribution in [0.15, 0.2) is 66.7 Å². The Kier molecular flexibility index (Phi) is 6.59. The van der Waals surface area contributed by atoms with Crippen LogP contribution in [0.3, 0.4) is 0 Å². The summed E-state index contributed by atoms with van der Waals surface area (Å²) in [6.07, 6.45) is 3.99. The number of rotatable bonds is 7. The Morgan fingerprint density at radius 3 is 2.41 bits per heavy atom. The molecule has 0 radical (unpaired) electrons. The van der Waals surface area contributed by atoms with Crippen LogP contribution in [0.2, 0.25) is 0 Å². The number of benzene rings is 3. The number of hydrogen-bond donors (Lipinski definition) is 1. The number of fused-ring (bicyclic) bond motifs is 1. The highest BCUT2D eigenvalue weighted by atomic mass is 16.5. The minimum Gasteiger partial charge on any atom is -0.508 e. The van der Waals surface area contributed by atoms with Crippen molar-refractivity contribution in [2.75, 3.05) is 26.2 Å². The summed E-state index contributed by atoms with van der Waals surface area (Å²) in [7, 11) is 0. The molecule has 1 fully saturated rings. The lowest BCUT2D eigenvalue weighted by Gasteiger charge is -2.26. The molecule has 0 amide bonds. The lowest BCUT2D eigenvalue weighted by molar-refractivity contribution is 0.183. The number of hydrogen-bond acceptors (Lipinski definition) is 3. The summed E-state index contributed by atoms with van der Waals surface area (Å²) in [4.78, 5) is 2.50. The van der Waals surface area contributed by atoms with E-state index >= 15 is 0 Å². The number of nitrogens with zero attached hydrogens (tertiary/aromatic N) is 2. The van der Waals surface area contributed by atoms with E-state index in [-0.39, 0.29) is 0 Å². The van der Waals surface area contributed by atoms with E-state index in [2.05, 4.69) is 71.8 Å². The van der Waals surface area contributed by atoms with Crippen molar-refractivity contribution in [1.82, 2.24) is 9.47 Å². The molecule has 3 aromatic carbocycles. The summed E-state index contributed by atoms with van der Waals surface area (Å²) < 4.78 is 8.41. The SMILES string of the molecule is Cc1ccccc1-c1c(C)c2cc(O)ccc2n1Cc1ccc(OCCN2CCCCC2)cc1. The molecule has 5 rings (SSSR count). The zero-order valence-electron chi connectivity index (χ0n) is 20.3. The number of piperidine rings is 1. The highest BCUT2D eigenvalue weighted by Gasteiger charge is 2.18. The molecule has 0 unspecified atom stereocenters. The van der Waals surface area contributed by atoms with E-state index in [4.69, 9.17) is 4.74 Å². The number of likely N-dealkylation sites (tertiary alicyclic amines) is 1.